The van der Waals surface area contributed by atoms with E-state index in [9.17, 15) is 9.59 Å². The molecule has 0 saturated carbocycles. The fourth-order valence-electron chi connectivity index (χ4n) is 2.66. The Kier molecular flexibility index (Phi) is 7.85. The van der Waals surface area contributed by atoms with Crippen LogP contribution in [0.2, 0.25) is 0 Å². The lowest BCUT2D eigenvalue weighted by atomic mass is 10.1. The van der Waals surface area contributed by atoms with Crippen LogP contribution in [0.4, 0.5) is 0 Å². The van der Waals surface area contributed by atoms with Crippen LogP contribution in [0, 0.1) is 0 Å². The van der Waals surface area contributed by atoms with Gasteiger partial charge in [0.2, 0.25) is 0 Å². The molecule has 0 radical (unpaired) electrons. The van der Waals surface area contributed by atoms with Crippen molar-refractivity contribution in [3.63, 3.8) is 0 Å². The van der Waals surface area contributed by atoms with E-state index in [1.54, 1.807) is 18.2 Å². The van der Waals surface area contributed by atoms with Crippen LogP contribution in [0.3, 0.4) is 0 Å². The maximum Gasteiger partial charge on any atom is 0.339 e. The number of carbonyl (C=O) groups is 2. The van der Waals surface area contributed by atoms with Crippen molar-refractivity contribution in [1.29, 1.82) is 0 Å². The molecule has 0 aliphatic carbocycles. The van der Waals surface area contributed by atoms with Gasteiger partial charge in [-0.15, -0.1) is 0 Å². The van der Waals surface area contributed by atoms with E-state index in [1.807, 2.05) is 66.7 Å². The highest BCUT2D eigenvalue weighted by Gasteiger charge is 2.14. The zero-order valence-electron chi connectivity index (χ0n) is 16.5. The molecule has 0 aromatic heterocycles. The van der Waals surface area contributed by atoms with E-state index in [-0.39, 0.29) is 13.2 Å². The third-order valence-electron chi connectivity index (χ3n) is 4.15. The van der Waals surface area contributed by atoms with E-state index in [0.29, 0.717) is 30.0 Å². The highest BCUT2D eigenvalue weighted by Crippen LogP contribution is 2.15. The van der Waals surface area contributed by atoms with E-state index in [2.05, 4.69) is 5.32 Å². The fraction of sp³-hybridized carbons (Fsp3) is 0.167. The van der Waals surface area contributed by atoms with Gasteiger partial charge in [0.15, 0.2) is 6.61 Å². The second-order valence-electron chi connectivity index (χ2n) is 6.35. The van der Waals surface area contributed by atoms with Crippen LogP contribution in [0.5, 0.6) is 11.5 Å². The van der Waals surface area contributed by atoms with Gasteiger partial charge in [-0.25, -0.2) is 4.79 Å². The zero-order chi connectivity index (χ0) is 21.0. The highest BCUT2D eigenvalue weighted by molar-refractivity contribution is 5.92. The number of hydrogen-bond donors (Lipinski definition) is 1. The number of para-hydroxylation sites is 2. The number of esters is 1. The SMILES string of the molecule is O=C(COC(=O)c1ccccc1COc1ccccc1)NCCOc1ccccc1. The summed E-state index contributed by atoms with van der Waals surface area (Å²) in [6.45, 7) is 0.493. The summed E-state index contributed by atoms with van der Waals surface area (Å²) in [7, 11) is 0. The van der Waals surface area contributed by atoms with Gasteiger partial charge in [0.25, 0.3) is 5.91 Å². The first-order valence-electron chi connectivity index (χ1n) is 9.60. The molecule has 6 nitrogen and oxygen atoms in total. The number of hydrogen-bond acceptors (Lipinski definition) is 5. The molecule has 154 valence electrons. The van der Waals surface area contributed by atoms with Gasteiger partial charge < -0.3 is 19.5 Å². The molecule has 3 aromatic carbocycles. The predicted octanol–water partition coefficient (Wildman–Crippen LogP) is 3.62. The molecule has 0 aliphatic heterocycles. The summed E-state index contributed by atoms with van der Waals surface area (Å²) in [5.74, 6) is 0.473. The van der Waals surface area contributed by atoms with Crippen LogP contribution in [0.1, 0.15) is 15.9 Å². The third-order valence-corrected chi connectivity index (χ3v) is 4.15. The second-order valence-corrected chi connectivity index (χ2v) is 6.35. The van der Waals surface area contributed by atoms with Crippen LogP contribution in [-0.2, 0) is 16.1 Å². The summed E-state index contributed by atoms with van der Waals surface area (Å²) >= 11 is 0. The van der Waals surface area contributed by atoms with Crippen molar-refractivity contribution < 1.29 is 23.8 Å². The highest BCUT2D eigenvalue weighted by atomic mass is 16.5. The quantitative estimate of drug-likeness (QED) is 0.412. The first-order chi connectivity index (χ1) is 14.7. The molecule has 0 spiro atoms. The Bertz CT molecular complexity index is 944. The van der Waals surface area contributed by atoms with Gasteiger partial charge in [-0.1, -0.05) is 54.6 Å². The maximum absolute atomic E-state index is 12.4. The molecule has 0 heterocycles. The minimum absolute atomic E-state index is 0.221. The average molecular weight is 405 g/mol. The van der Waals surface area contributed by atoms with Gasteiger partial charge in [-0.2, -0.15) is 0 Å². The molecule has 0 atom stereocenters. The Hall–Kier alpha value is -3.80. The molecule has 3 aromatic rings. The molecule has 1 N–H and O–H groups in total. The Labute approximate surface area is 175 Å². The van der Waals surface area contributed by atoms with E-state index in [1.165, 1.54) is 0 Å². The van der Waals surface area contributed by atoms with Crippen LogP contribution in [0.25, 0.3) is 0 Å². The summed E-state index contributed by atoms with van der Waals surface area (Å²) in [5, 5.41) is 2.66. The first-order valence-corrected chi connectivity index (χ1v) is 9.60. The second kappa shape index (κ2) is 11.3. The van der Waals surface area contributed by atoms with Crippen molar-refractivity contribution >= 4 is 11.9 Å². The normalized spacial score (nSPS) is 10.1. The molecule has 3 rings (SSSR count). The molecular formula is C24H23NO5. The van der Waals surface area contributed by atoms with Crippen molar-refractivity contribution in [3.05, 3.63) is 96.1 Å². The summed E-state index contributed by atoms with van der Waals surface area (Å²) in [4.78, 5) is 24.3. The minimum Gasteiger partial charge on any atom is -0.492 e. The lowest BCUT2D eigenvalue weighted by Gasteiger charge is -2.11. The molecule has 0 unspecified atom stereocenters. The van der Waals surface area contributed by atoms with Crippen LogP contribution >= 0.6 is 0 Å². The van der Waals surface area contributed by atoms with Crippen molar-refractivity contribution in [2.45, 2.75) is 6.61 Å². The molecule has 0 saturated heterocycles. The average Bonchev–Trinajstić information content (AvgIpc) is 2.80. The molecule has 0 bridgehead atoms. The number of nitrogens with one attached hydrogen (secondary N) is 1. The lowest BCUT2D eigenvalue weighted by Crippen LogP contribution is -2.32. The zero-order valence-corrected chi connectivity index (χ0v) is 16.5. The smallest absolute Gasteiger partial charge is 0.339 e. The summed E-state index contributed by atoms with van der Waals surface area (Å²) in [6, 6.07) is 25.6. The predicted molar refractivity (Wildman–Crippen MR) is 112 cm³/mol. The Morgan fingerprint density at radius 1 is 0.733 bits per heavy atom. The Balaban J connectivity index is 1.42. The molecule has 0 aliphatic rings. The molecule has 1 amide bonds. The van der Waals surface area contributed by atoms with E-state index in [0.717, 1.165) is 5.75 Å². The number of benzene rings is 3. The monoisotopic (exact) mass is 405 g/mol. The van der Waals surface area contributed by atoms with Gasteiger partial charge in [0.1, 0.15) is 24.7 Å². The molecule has 30 heavy (non-hydrogen) atoms. The number of rotatable bonds is 10. The largest absolute Gasteiger partial charge is 0.492 e. The number of carbonyl (C=O) groups excluding carboxylic acids is 2. The van der Waals surface area contributed by atoms with Crippen molar-refractivity contribution in [2.75, 3.05) is 19.8 Å². The van der Waals surface area contributed by atoms with Gasteiger partial charge in [0.05, 0.1) is 12.1 Å². The molecular weight excluding hydrogens is 382 g/mol. The van der Waals surface area contributed by atoms with E-state index >= 15 is 0 Å². The van der Waals surface area contributed by atoms with Gasteiger partial charge in [-0.05, 0) is 30.3 Å². The van der Waals surface area contributed by atoms with Crippen molar-refractivity contribution in [1.82, 2.24) is 5.32 Å². The Morgan fingerprint density at radius 2 is 1.33 bits per heavy atom. The number of ether oxygens (including phenoxy) is 3. The number of amides is 1. The van der Waals surface area contributed by atoms with Gasteiger partial charge in [-0.3, -0.25) is 4.79 Å². The van der Waals surface area contributed by atoms with Gasteiger partial charge in [0, 0.05) is 5.56 Å². The van der Waals surface area contributed by atoms with Gasteiger partial charge >= 0.3 is 5.97 Å². The maximum atomic E-state index is 12.4. The van der Waals surface area contributed by atoms with Crippen LogP contribution < -0.4 is 14.8 Å². The topological polar surface area (TPSA) is 73.9 Å². The van der Waals surface area contributed by atoms with Crippen LogP contribution in [0.15, 0.2) is 84.9 Å². The first kappa shape index (κ1) is 20.9. The van der Waals surface area contributed by atoms with Crippen LogP contribution in [-0.4, -0.2) is 31.6 Å². The molecule has 6 heteroatoms. The standard InChI is InChI=1S/C24H23NO5/c26-23(25-15-16-28-20-10-3-1-4-11-20)18-30-24(27)22-14-8-7-9-19(22)17-29-21-12-5-2-6-13-21/h1-14H,15-18H2,(H,25,26). The third kappa shape index (κ3) is 6.67. The summed E-state index contributed by atoms with van der Waals surface area (Å²) in [5.41, 5.74) is 1.05. The Morgan fingerprint density at radius 3 is 2.03 bits per heavy atom. The van der Waals surface area contributed by atoms with E-state index in [4.69, 9.17) is 14.2 Å². The fourth-order valence-corrected chi connectivity index (χ4v) is 2.66. The van der Waals surface area contributed by atoms with E-state index < -0.39 is 11.9 Å². The lowest BCUT2D eigenvalue weighted by molar-refractivity contribution is -0.124. The summed E-state index contributed by atoms with van der Waals surface area (Å²) in [6.07, 6.45) is 0. The summed E-state index contributed by atoms with van der Waals surface area (Å²) < 4.78 is 16.4. The van der Waals surface area contributed by atoms with Crippen molar-refractivity contribution in [3.8, 4) is 11.5 Å². The molecule has 0 fully saturated rings. The minimum atomic E-state index is -0.571. The van der Waals surface area contributed by atoms with Crippen molar-refractivity contribution in [2.24, 2.45) is 0 Å².